The van der Waals surface area contributed by atoms with Crippen molar-refractivity contribution < 1.29 is 4.74 Å². The van der Waals surface area contributed by atoms with Crippen LogP contribution in [0.3, 0.4) is 0 Å². The second-order valence-electron chi connectivity index (χ2n) is 4.96. The molecule has 1 aromatic carbocycles. The van der Waals surface area contributed by atoms with E-state index >= 15 is 0 Å². The van der Waals surface area contributed by atoms with Crippen LogP contribution in [0.4, 0.5) is 5.69 Å². The second kappa shape index (κ2) is 4.56. The van der Waals surface area contributed by atoms with Crippen molar-refractivity contribution in [2.45, 2.75) is 33.7 Å². The van der Waals surface area contributed by atoms with Crippen LogP contribution in [-0.2, 0) is 0 Å². The molecule has 1 aromatic rings. The SMILES string of the molecule is COc1ccc(N[C@@H](C)C(C)(C)C)cc1. The van der Waals surface area contributed by atoms with E-state index in [0.717, 1.165) is 11.4 Å². The first kappa shape index (κ1) is 11.9. The van der Waals surface area contributed by atoms with Gasteiger partial charge in [0, 0.05) is 11.7 Å². The summed E-state index contributed by atoms with van der Waals surface area (Å²) < 4.78 is 5.11. The normalized spacial score (nSPS) is 13.4. The molecule has 0 aliphatic heterocycles. The van der Waals surface area contributed by atoms with E-state index in [2.05, 4.69) is 33.0 Å². The molecule has 0 unspecified atom stereocenters. The first-order valence-corrected chi connectivity index (χ1v) is 5.34. The molecule has 0 saturated carbocycles. The van der Waals surface area contributed by atoms with Gasteiger partial charge in [0.05, 0.1) is 7.11 Å². The summed E-state index contributed by atoms with van der Waals surface area (Å²) in [6.45, 7) is 8.89. The van der Waals surface area contributed by atoms with Crippen molar-refractivity contribution in [3.05, 3.63) is 24.3 Å². The minimum Gasteiger partial charge on any atom is -0.497 e. The van der Waals surface area contributed by atoms with Crippen molar-refractivity contribution in [1.29, 1.82) is 0 Å². The number of hydrogen-bond acceptors (Lipinski definition) is 2. The zero-order valence-corrected chi connectivity index (χ0v) is 10.3. The Kier molecular flexibility index (Phi) is 3.61. The van der Waals surface area contributed by atoms with Gasteiger partial charge in [-0.2, -0.15) is 0 Å². The Balaban J connectivity index is 2.65. The third-order valence-electron chi connectivity index (χ3n) is 2.77. The maximum atomic E-state index is 5.11. The van der Waals surface area contributed by atoms with Gasteiger partial charge >= 0.3 is 0 Å². The van der Waals surface area contributed by atoms with Crippen molar-refractivity contribution in [3.8, 4) is 5.75 Å². The highest BCUT2D eigenvalue weighted by Crippen LogP contribution is 2.23. The molecule has 0 aromatic heterocycles. The number of ether oxygens (including phenoxy) is 1. The Labute approximate surface area is 92.6 Å². The van der Waals surface area contributed by atoms with E-state index < -0.39 is 0 Å². The Morgan fingerprint density at radius 1 is 1.13 bits per heavy atom. The maximum Gasteiger partial charge on any atom is 0.119 e. The summed E-state index contributed by atoms with van der Waals surface area (Å²) in [5, 5.41) is 3.48. The van der Waals surface area contributed by atoms with Gasteiger partial charge in [-0.05, 0) is 36.6 Å². The Hall–Kier alpha value is -1.18. The van der Waals surface area contributed by atoms with Crippen LogP contribution in [0, 0.1) is 5.41 Å². The molecule has 1 atom stereocenters. The van der Waals surface area contributed by atoms with Crippen molar-refractivity contribution in [3.63, 3.8) is 0 Å². The van der Waals surface area contributed by atoms with Gasteiger partial charge in [-0.1, -0.05) is 20.8 Å². The van der Waals surface area contributed by atoms with Gasteiger partial charge in [0.2, 0.25) is 0 Å². The third kappa shape index (κ3) is 3.46. The van der Waals surface area contributed by atoms with Crippen LogP contribution in [-0.4, -0.2) is 13.2 Å². The first-order chi connectivity index (χ1) is 6.93. The number of rotatable bonds is 3. The highest BCUT2D eigenvalue weighted by Gasteiger charge is 2.19. The monoisotopic (exact) mass is 207 g/mol. The summed E-state index contributed by atoms with van der Waals surface area (Å²) in [7, 11) is 1.68. The first-order valence-electron chi connectivity index (χ1n) is 5.34. The summed E-state index contributed by atoms with van der Waals surface area (Å²) in [4.78, 5) is 0. The van der Waals surface area contributed by atoms with Gasteiger partial charge in [0.1, 0.15) is 5.75 Å². The molecule has 1 N–H and O–H groups in total. The average molecular weight is 207 g/mol. The Bertz CT molecular complexity index is 297. The molecule has 0 saturated heterocycles. The number of nitrogens with one attached hydrogen (secondary N) is 1. The average Bonchev–Trinajstić information content (AvgIpc) is 2.17. The number of methoxy groups -OCH3 is 1. The van der Waals surface area contributed by atoms with E-state index in [9.17, 15) is 0 Å². The summed E-state index contributed by atoms with van der Waals surface area (Å²) in [5.41, 5.74) is 1.40. The minimum absolute atomic E-state index is 0.264. The molecule has 2 heteroatoms. The van der Waals surface area contributed by atoms with Crippen LogP contribution < -0.4 is 10.1 Å². The molecule has 0 spiro atoms. The summed E-state index contributed by atoms with van der Waals surface area (Å²) in [6.07, 6.45) is 0. The largest absolute Gasteiger partial charge is 0.497 e. The van der Waals surface area contributed by atoms with Gasteiger partial charge < -0.3 is 10.1 Å². The quantitative estimate of drug-likeness (QED) is 0.818. The topological polar surface area (TPSA) is 21.3 Å². The van der Waals surface area contributed by atoms with Crippen molar-refractivity contribution in [2.75, 3.05) is 12.4 Å². The molecule has 0 fully saturated rings. The standard InChI is InChI=1S/C13H21NO/c1-10(13(2,3)4)14-11-6-8-12(15-5)9-7-11/h6-10,14H,1-5H3/t10-/m0/s1. The van der Waals surface area contributed by atoms with E-state index in [-0.39, 0.29) is 5.41 Å². The Morgan fingerprint density at radius 2 is 1.67 bits per heavy atom. The fourth-order valence-corrected chi connectivity index (χ4v) is 1.15. The molecule has 0 aliphatic carbocycles. The van der Waals surface area contributed by atoms with E-state index in [1.54, 1.807) is 7.11 Å². The molecule has 0 bridgehead atoms. The van der Waals surface area contributed by atoms with Crippen LogP contribution in [0.2, 0.25) is 0 Å². The molecular weight excluding hydrogens is 186 g/mol. The van der Waals surface area contributed by atoms with Crippen molar-refractivity contribution in [1.82, 2.24) is 0 Å². The third-order valence-corrected chi connectivity index (χ3v) is 2.77. The summed E-state index contributed by atoms with van der Waals surface area (Å²) >= 11 is 0. The van der Waals surface area contributed by atoms with Gasteiger partial charge in [-0.15, -0.1) is 0 Å². The lowest BCUT2D eigenvalue weighted by Crippen LogP contribution is -2.30. The molecular formula is C13H21NO. The van der Waals surface area contributed by atoms with Gasteiger partial charge in [0.15, 0.2) is 0 Å². The lowest BCUT2D eigenvalue weighted by atomic mass is 9.88. The predicted molar refractivity (Wildman–Crippen MR) is 65.5 cm³/mol. The fraction of sp³-hybridized carbons (Fsp3) is 0.538. The van der Waals surface area contributed by atoms with E-state index in [4.69, 9.17) is 4.74 Å². The van der Waals surface area contributed by atoms with Gasteiger partial charge in [-0.3, -0.25) is 0 Å². The van der Waals surface area contributed by atoms with Crippen molar-refractivity contribution in [2.24, 2.45) is 5.41 Å². The molecule has 1 rings (SSSR count). The van der Waals surface area contributed by atoms with E-state index in [1.165, 1.54) is 0 Å². The molecule has 84 valence electrons. The molecule has 0 aliphatic rings. The summed E-state index contributed by atoms with van der Waals surface area (Å²) in [6, 6.07) is 8.46. The number of anilines is 1. The predicted octanol–water partition coefficient (Wildman–Crippen LogP) is 3.54. The van der Waals surface area contributed by atoms with Crippen molar-refractivity contribution >= 4 is 5.69 Å². The van der Waals surface area contributed by atoms with Crippen LogP contribution >= 0.6 is 0 Å². The molecule has 0 radical (unpaired) electrons. The summed E-state index contributed by atoms with van der Waals surface area (Å²) in [5.74, 6) is 0.893. The molecule has 0 amide bonds. The van der Waals surface area contributed by atoms with E-state index in [1.807, 2.05) is 24.3 Å². The molecule has 15 heavy (non-hydrogen) atoms. The number of benzene rings is 1. The van der Waals surface area contributed by atoms with Gasteiger partial charge in [0.25, 0.3) is 0 Å². The smallest absolute Gasteiger partial charge is 0.119 e. The van der Waals surface area contributed by atoms with Crippen LogP contribution in [0.25, 0.3) is 0 Å². The highest BCUT2D eigenvalue weighted by molar-refractivity contribution is 5.47. The number of hydrogen-bond donors (Lipinski definition) is 1. The Morgan fingerprint density at radius 3 is 2.07 bits per heavy atom. The lowest BCUT2D eigenvalue weighted by molar-refractivity contribution is 0.359. The molecule has 2 nitrogen and oxygen atoms in total. The second-order valence-corrected chi connectivity index (χ2v) is 4.96. The minimum atomic E-state index is 0.264. The van der Waals surface area contributed by atoms with E-state index in [0.29, 0.717) is 6.04 Å². The fourth-order valence-electron chi connectivity index (χ4n) is 1.15. The zero-order chi connectivity index (χ0) is 11.5. The van der Waals surface area contributed by atoms with Crippen LogP contribution in [0.15, 0.2) is 24.3 Å². The van der Waals surface area contributed by atoms with Crippen LogP contribution in [0.5, 0.6) is 5.75 Å². The zero-order valence-electron chi connectivity index (χ0n) is 10.3. The van der Waals surface area contributed by atoms with Crippen LogP contribution in [0.1, 0.15) is 27.7 Å². The highest BCUT2D eigenvalue weighted by atomic mass is 16.5. The van der Waals surface area contributed by atoms with Gasteiger partial charge in [-0.25, -0.2) is 0 Å². The maximum absolute atomic E-state index is 5.11. The molecule has 0 heterocycles. The lowest BCUT2D eigenvalue weighted by Gasteiger charge is -2.29.